The van der Waals surface area contributed by atoms with Crippen molar-refractivity contribution in [1.29, 1.82) is 0 Å². The van der Waals surface area contributed by atoms with Crippen molar-refractivity contribution < 1.29 is 14.3 Å². The number of hydrogen-bond donors (Lipinski definition) is 1. The number of anilines is 1. The van der Waals surface area contributed by atoms with Crippen molar-refractivity contribution in [2.24, 2.45) is 0 Å². The number of thiazole rings is 1. The van der Waals surface area contributed by atoms with E-state index in [0.29, 0.717) is 10.8 Å². The molecule has 0 saturated carbocycles. The lowest BCUT2D eigenvalue weighted by molar-refractivity contribution is 0.199. The number of halogens is 1. The SMILES string of the molecule is Cc1c(C(C)N(C(=O)O)c2cccc(F)c2)sc2nc(-c3ccncc3)nn12. The number of rotatable bonds is 4. The van der Waals surface area contributed by atoms with Crippen LogP contribution in [0.5, 0.6) is 0 Å². The van der Waals surface area contributed by atoms with Crippen LogP contribution in [0.25, 0.3) is 16.3 Å². The van der Waals surface area contributed by atoms with E-state index in [4.69, 9.17) is 0 Å². The van der Waals surface area contributed by atoms with E-state index >= 15 is 0 Å². The smallest absolute Gasteiger partial charge is 0.412 e. The van der Waals surface area contributed by atoms with Gasteiger partial charge in [-0.15, -0.1) is 5.10 Å². The van der Waals surface area contributed by atoms with E-state index in [1.807, 2.05) is 19.1 Å². The predicted octanol–water partition coefficient (Wildman–Crippen LogP) is 4.55. The monoisotopic (exact) mass is 397 g/mol. The maximum Gasteiger partial charge on any atom is 0.412 e. The fourth-order valence-corrected chi connectivity index (χ4v) is 4.22. The molecule has 9 heteroatoms. The van der Waals surface area contributed by atoms with Crippen LogP contribution in [-0.4, -0.2) is 30.8 Å². The fraction of sp³-hybridized carbons (Fsp3) is 0.158. The van der Waals surface area contributed by atoms with Crippen LogP contribution in [0.4, 0.5) is 14.9 Å². The molecule has 1 atom stereocenters. The topological polar surface area (TPSA) is 83.6 Å². The van der Waals surface area contributed by atoms with Gasteiger partial charge in [0.2, 0.25) is 4.96 Å². The van der Waals surface area contributed by atoms with Crippen LogP contribution in [0.2, 0.25) is 0 Å². The Balaban J connectivity index is 1.74. The van der Waals surface area contributed by atoms with Gasteiger partial charge in [-0.25, -0.2) is 13.7 Å². The van der Waals surface area contributed by atoms with Crippen LogP contribution < -0.4 is 4.90 Å². The van der Waals surface area contributed by atoms with Crippen molar-refractivity contribution in [3.05, 3.63) is 65.2 Å². The Labute approximate surface area is 163 Å². The normalized spacial score (nSPS) is 12.2. The van der Waals surface area contributed by atoms with E-state index < -0.39 is 18.0 Å². The van der Waals surface area contributed by atoms with Gasteiger partial charge < -0.3 is 5.11 Å². The number of fused-ring (bicyclic) bond motifs is 1. The first kappa shape index (κ1) is 18.1. The molecule has 0 aliphatic carbocycles. The third-order valence-corrected chi connectivity index (χ3v) is 5.75. The second kappa shape index (κ2) is 7.01. The van der Waals surface area contributed by atoms with Crippen LogP contribution in [0, 0.1) is 12.7 Å². The minimum Gasteiger partial charge on any atom is -0.465 e. The third-order valence-electron chi connectivity index (χ3n) is 4.45. The molecule has 142 valence electrons. The highest BCUT2D eigenvalue weighted by Crippen LogP contribution is 2.35. The lowest BCUT2D eigenvalue weighted by Gasteiger charge is -2.26. The first-order valence-electron chi connectivity index (χ1n) is 8.50. The van der Waals surface area contributed by atoms with E-state index in [1.54, 1.807) is 29.9 Å². The summed E-state index contributed by atoms with van der Waals surface area (Å²) in [5.74, 6) is 0.0912. The van der Waals surface area contributed by atoms with Crippen LogP contribution in [0.15, 0.2) is 48.8 Å². The average Bonchev–Trinajstić information content (AvgIpc) is 3.22. The van der Waals surface area contributed by atoms with Gasteiger partial charge in [-0.2, -0.15) is 4.98 Å². The summed E-state index contributed by atoms with van der Waals surface area (Å²) in [6, 6.07) is 8.67. The third kappa shape index (κ3) is 3.09. The largest absolute Gasteiger partial charge is 0.465 e. The molecule has 7 nitrogen and oxygen atoms in total. The predicted molar refractivity (Wildman–Crippen MR) is 104 cm³/mol. The van der Waals surface area contributed by atoms with Gasteiger partial charge in [0.15, 0.2) is 5.82 Å². The van der Waals surface area contributed by atoms with Crippen LogP contribution >= 0.6 is 11.3 Å². The van der Waals surface area contributed by atoms with Gasteiger partial charge in [0.05, 0.1) is 22.3 Å². The number of aryl methyl sites for hydroxylation is 1. The van der Waals surface area contributed by atoms with Crippen molar-refractivity contribution in [3.8, 4) is 11.4 Å². The molecule has 0 radical (unpaired) electrons. The molecule has 1 N–H and O–H groups in total. The molecule has 4 aromatic rings. The van der Waals surface area contributed by atoms with E-state index in [-0.39, 0.29) is 5.69 Å². The van der Waals surface area contributed by atoms with Crippen molar-refractivity contribution in [3.63, 3.8) is 0 Å². The van der Waals surface area contributed by atoms with Gasteiger partial charge in [0, 0.05) is 18.0 Å². The molecule has 0 saturated heterocycles. The zero-order valence-electron chi connectivity index (χ0n) is 15.1. The van der Waals surface area contributed by atoms with Crippen molar-refractivity contribution >= 4 is 28.1 Å². The molecule has 0 fully saturated rings. The summed E-state index contributed by atoms with van der Waals surface area (Å²) in [6.45, 7) is 3.63. The summed E-state index contributed by atoms with van der Waals surface area (Å²) in [5.41, 5.74) is 1.92. The van der Waals surface area contributed by atoms with Crippen molar-refractivity contribution in [1.82, 2.24) is 19.6 Å². The van der Waals surface area contributed by atoms with Crippen molar-refractivity contribution in [2.75, 3.05) is 4.90 Å². The van der Waals surface area contributed by atoms with E-state index in [0.717, 1.165) is 21.0 Å². The second-order valence-electron chi connectivity index (χ2n) is 6.23. The van der Waals surface area contributed by atoms with Crippen molar-refractivity contribution in [2.45, 2.75) is 19.9 Å². The molecule has 4 rings (SSSR count). The Bertz CT molecular complexity index is 1160. The van der Waals surface area contributed by atoms with Gasteiger partial charge in [-0.3, -0.25) is 9.88 Å². The maximum atomic E-state index is 13.6. The van der Waals surface area contributed by atoms with Crippen LogP contribution in [0.1, 0.15) is 23.5 Å². The standard InChI is InChI=1S/C19H16FN5O2S/c1-11(24(19(26)27)15-5-3-4-14(20)10-15)16-12(2)25-18(28-16)22-17(23-25)13-6-8-21-9-7-13/h3-11H,1-2H3,(H,26,27). The zero-order valence-corrected chi connectivity index (χ0v) is 15.9. The Hall–Kier alpha value is -3.33. The molecule has 0 spiro atoms. The molecule has 3 aromatic heterocycles. The molecule has 0 aliphatic heterocycles. The number of aromatic nitrogens is 4. The molecule has 0 bridgehead atoms. The summed E-state index contributed by atoms with van der Waals surface area (Å²) in [6.07, 6.45) is 2.19. The average molecular weight is 397 g/mol. The molecule has 28 heavy (non-hydrogen) atoms. The van der Waals surface area contributed by atoms with E-state index in [1.165, 1.54) is 29.5 Å². The summed E-state index contributed by atoms with van der Waals surface area (Å²) in [7, 11) is 0. The summed E-state index contributed by atoms with van der Waals surface area (Å²) >= 11 is 1.37. The second-order valence-corrected chi connectivity index (χ2v) is 7.23. The Morgan fingerprint density at radius 3 is 2.68 bits per heavy atom. The number of amides is 1. The molecule has 0 aliphatic rings. The Morgan fingerprint density at radius 1 is 1.29 bits per heavy atom. The van der Waals surface area contributed by atoms with Crippen LogP contribution in [0.3, 0.4) is 0 Å². The summed E-state index contributed by atoms with van der Waals surface area (Å²) in [5, 5.41) is 14.3. The van der Waals surface area contributed by atoms with Gasteiger partial charge in [0.25, 0.3) is 0 Å². The highest BCUT2D eigenvalue weighted by molar-refractivity contribution is 7.17. The minimum absolute atomic E-state index is 0.274. The van der Waals surface area contributed by atoms with E-state index in [2.05, 4.69) is 15.1 Å². The fourth-order valence-electron chi connectivity index (χ4n) is 3.11. The highest BCUT2D eigenvalue weighted by atomic mass is 32.1. The van der Waals surface area contributed by atoms with Gasteiger partial charge in [0.1, 0.15) is 5.82 Å². The lowest BCUT2D eigenvalue weighted by Crippen LogP contribution is -2.32. The lowest BCUT2D eigenvalue weighted by atomic mass is 10.2. The summed E-state index contributed by atoms with van der Waals surface area (Å²) in [4.78, 5) is 23.0. The number of pyridine rings is 1. The molecule has 1 unspecified atom stereocenters. The van der Waals surface area contributed by atoms with Gasteiger partial charge >= 0.3 is 6.09 Å². The molecular weight excluding hydrogens is 381 g/mol. The maximum absolute atomic E-state index is 13.6. The van der Waals surface area contributed by atoms with Gasteiger partial charge in [-0.1, -0.05) is 17.4 Å². The minimum atomic E-state index is -1.16. The first-order chi connectivity index (χ1) is 13.5. The quantitative estimate of drug-likeness (QED) is 0.546. The summed E-state index contributed by atoms with van der Waals surface area (Å²) < 4.78 is 15.3. The molecule has 1 aromatic carbocycles. The first-order valence-corrected chi connectivity index (χ1v) is 9.31. The zero-order chi connectivity index (χ0) is 19.8. The molecule has 1 amide bonds. The molecular formula is C19H16FN5O2S. The number of benzene rings is 1. The highest BCUT2D eigenvalue weighted by Gasteiger charge is 2.28. The molecule has 3 heterocycles. The Morgan fingerprint density at radius 2 is 2.04 bits per heavy atom. The number of carbonyl (C=O) groups is 1. The van der Waals surface area contributed by atoms with E-state index in [9.17, 15) is 14.3 Å². The van der Waals surface area contributed by atoms with Gasteiger partial charge in [-0.05, 0) is 44.2 Å². The van der Waals surface area contributed by atoms with Crippen LogP contribution in [-0.2, 0) is 0 Å². The number of hydrogen-bond acceptors (Lipinski definition) is 5. The number of carboxylic acid groups (broad SMARTS) is 1. The Kier molecular flexibility index (Phi) is 4.52. The number of nitrogens with zero attached hydrogens (tertiary/aromatic N) is 5.